The molecule has 0 aliphatic heterocycles. The fraction of sp³-hybridized carbons (Fsp3) is 0.143. The fourth-order valence-electron chi connectivity index (χ4n) is 3.04. The molecule has 12 heteroatoms. The summed E-state index contributed by atoms with van der Waals surface area (Å²) in [7, 11) is -2.57. The zero-order valence-corrected chi connectivity index (χ0v) is 20.3. The van der Waals surface area contributed by atoms with E-state index in [9.17, 15) is 22.0 Å². The summed E-state index contributed by atoms with van der Waals surface area (Å²) in [5.41, 5.74) is -0.896. The van der Waals surface area contributed by atoms with E-state index in [1.54, 1.807) is 30.3 Å². The van der Waals surface area contributed by atoms with E-state index >= 15 is 0 Å². The number of nitrogens with zero attached hydrogens (tertiary/aromatic N) is 5. The third-order valence-corrected chi connectivity index (χ3v) is 7.92. The summed E-state index contributed by atoms with van der Waals surface area (Å²) in [6.07, 6.45) is -2.16. The molecular weight excluding hydrogens is 640 g/mol. The van der Waals surface area contributed by atoms with Crippen LogP contribution < -0.4 is 10.6 Å². The second kappa shape index (κ2) is 9.22. The van der Waals surface area contributed by atoms with Gasteiger partial charge in [0.1, 0.15) is 11.9 Å². The first-order valence-electron chi connectivity index (χ1n) is 9.30. The smallest absolute Gasteiger partial charge is 0.343 e. The van der Waals surface area contributed by atoms with Crippen molar-refractivity contribution < 1.29 is 43.0 Å². The third kappa shape index (κ3) is 5.09. The molecule has 0 fully saturated rings. The average molecular weight is 655 g/mol. The molecule has 4 aromatic rings. The topological polar surface area (TPSA) is 56.5 Å². The molecule has 0 aliphatic rings. The van der Waals surface area contributed by atoms with Gasteiger partial charge >= 0.3 is 27.2 Å². The summed E-state index contributed by atoms with van der Waals surface area (Å²) in [5, 5.41) is 4.77. The Balaban J connectivity index is 0.00000306. The van der Waals surface area contributed by atoms with Gasteiger partial charge in [0, 0.05) is 10.6 Å². The van der Waals surface area contributed by atoms with Gasteiger partial charge in [0.25, 0.3) is 0 Å². The molecule has 4 heterocycles. The molecule has 33 heavy (non-hydrogen) atoms. The van der Waals surface area contributed by atoms with Crippen LogP contribution in [0, 0.1) is 24.2 Å². The van der Waals surface area contributed by atoms with Crippen LogP contribution in [0.4, 0.5) is 22.0 Å². The van der Waals surface area contributed by atoms with Crippen molar-refractivity contribution in [2.75, 3.05) is 0 Å². The molecule has 0 bridgehead atoms. The Kier molecular flexibility index (Phi) is 6.95. The number of alkyl halides is 3. The molecular formula is C21H14F5N5PtSi. The molecule has 172 valence electrons. The summed E-state index contributed by atoms with van der Waals surface area (Å²) in [4.78, 5) is 12.2. The van der Waals surface area contributed by atoms with Crippen molar-refractivity contribution in [2.24, 2.45) is 0 Å². The predicted molar refractivity (Wildman–Crippen MR) is 108 cm³/mol. The number of hydrogen-bond donors (Lipinski definition) is 0. The maximum Gasteiger partial charge on any atom is 2.00 e. The van der Waals surface area contributed by atoms with E-state index in [0.29, 0.717) is 10.6 Å². The molecule has 0 saturated carbocycles. The van der Waals surface area contributed by atoms with Crippen LogP contribution in [0.2, 0.25) is 13.1 Å². The van der Waals surface area contributed by atoms with Gasteiger partial charge in [-0.1, -0.05) is 55.2 Å². The van der Waals surface area contributed by atoms with E-state index < -0.39 is 31.8 Å². The van der Waals surface area contributed by atoms with Gasteiger partial charge in [0.15, 0.2) is 8.07 Å². The van der Waals surface area contributed by atoms with E-state index in [1.165, 1.54) is 6.07 Å². The Morgan fingerprint density at radius 3 is 2.21 bits per heavy atom. The van der Waals surface area contributed by atoms with Gasteiger partial charge in [-0.25, -0.2) is 8.78 Å². The fourth-order valence-corrected chi connectivity index (χ4v) is 5.12. The maximum absolute atomic E-state index is 14.1. The van der Waals surface area contributed by atoms with Gasteiger partial charge in [0.05, 0.1) is 11.5 Å². The number of halogens is 5. The van der Waals surface area contributed by atoms with Crippen LogP contribution in [0.25, 0.3) is 17.1 Å². The summed E-state index contributed by atoms with van der Waals surface area (Å²) >= 11 is 0. The van der Waals surface area contributed by atoms with Crippen LogP contribution >= 0.6 is 0 Å². The van der Waals surface area contributed by atoms with Crippen molar-refractivity contribution in [3.63, 3.8) is 0 Å². The van der Waals surface area contributed by atoms with Gasteiger partial charge in [-0.05, 0) is 17.8 Å². The zero-order valence-electron chi connectivity index (χ0n) is 17.1. The van der Waals surface area contributed by atoms with Crippen LogP contribution in [-0.4, -0.2) is 32.8 Å². The number of hydrogen-bond acceptors (Lipinski definition) is 4. The summed E-state index contributed by atoms with van der Waals surface area (Å²) in [6, 6.07) is 14.1. The van der Waals surface area contributed by atoms with E-state index in [4.69, 9.17) is 0 Å². The van der Waals surface area contributed by atoms with Crippen LogP contribution in [0.3, 0.4) is 0 Å². The summed E-state index contributed by atoms with van der Waals surface area (Å²) in [6.45, 7) is 3.89. The molecule has 0 saturated heterocycles. The molecule has 5 nitrogen and oxygen atoms in total. The Hall–Kier alpha value is -2.78. The van der Waals surface area contributed by atoms with Gasteiger partial charge in [-0.2, -0.15) is 13.2 Å². The first-order valence-corrected chi connectivity index (χ1v) is 12.3. The zero-order chi connectivity index (χ0) is 23.1. The van der Waals surface area contributed by atoms with Crippen molar-refractivity contribution in [1.82, 2.24) is 24.7 Å². The Morgan fingerprint density at radius 1 is 0.909 bits per heavy atom. The minimum absolute atomic E-state index is 0. The van der Waals surface area contributed by atoms with Gasteiger partial charge in [-0.3, -0.25) is 10.1 Å². The molecule has 0 N–H and O–H groups in total. The van der Waals surface area contributed by atoms with Crippen molar-refractivity contribution in [1.29, 1.82) is 0 Å². The molecule has 0 atom stereocenters. The molecule has 4 aromatic heterocycles. The minimum atomic E-state index is -4.58. The van der Waals surface area contributed by atoms with E-state index in [2.05, 4.69) is 32.3 Å². The van der Waals surface area contributed by atoms with Crippen LogP contribution in [0.5, 0.6) is 0 Å². The second-order valence-corrected chi connectivity index (χ2v) is 11.6. The predicted octanol–water partition coefficient (Wildman–Crippen LogP) is 3.44. The largest absolute Gasteiger partial charge is 2.00 e. The Bertz CT molecular complexity index is 1290. The van der Waals surface area contributed by atoms with Crippen LogP contribution in [0.1, 0.15) is 5.69 Å². The monoisotopic (exact) mass is 654 g/mol. The Labute approximate surface area is 201 Å². The number of aromatic nitrogens is 5. The normalized spacial score (nSPS) is 11.8. The standard InChI is InChI=1S/C21H14F5N5Si.Pt/c1-32(2,18-7-3-5-14(27-18)13-9-10-16(22)28-20(13)23)19-8-4-6-17(29-19)31-12-11-15(30-31)21(24,25)26;/h3-8,10-11H,1-2H3;/q-2;+2. The van der Waals surface area contributed by atoms with Crippen LogP contribution in [-0.2, 0) is 27.2 Å². The van der Waals surface area contributed by atoms with Crippen molar-refractivity contribution in [2.45, 2.75) is 19.3 Å². The van der Waals surface area contributed by atoms with Crippen LogP contribution in [0.15, 0.2) is 48.5 Å². The third-order valence-electron chi connectivity index (χ3n) is 4.81. The van der Waals surface area contributed by atoms with E-state index in [0.717, 1.165) is 16.8 Å². The molecule has 0 aromatic carbocycles. The molecule has 4 rings (SSSR count). The first kappa shape index (κ1) is 24.8. The van der Waals surface area contributed by atoms with Gasteiger partial charge < -0.3 is 14.6 Å². The van der Waals surface area contributed by atoms with E-state index in [-0.39, 0.29) is 38.1 Å². The molecule has 0 unspecified atom stereocenters. The number of rotatable bonds is 4. The maximum atomic E-state index is 14.1. The average Bonchev–Trinajstić information content (AvgIpc) is 3.25. The second-order valence-electron chi connectivity index (χ2n) is 7.37. The molecule has 0 radical (unpaired) electrons. The SMILES string of the molecule is C[Si](C)(c1cccc(-c2[c-]cc(F)nc2F)n1)c1cccc(-n2[c-]cc(C(F)(F)F)n2)n1.[Pt+2]. The quantitative estimate of drug-likeness (QED) is 0.147. The molecule has 0 aliphatic carbocycles. The first-order chi connectivity index (χ1) is 15.1. The van der Waals surface area contributed by atoms with Gasteiger partial charge in [-0.15, -0.1) is 12.1 Å². The van der Waals surface area contributed by atoms with E-state index in [1.807, 2.05) is 13.1 Å². The Morgan fingerprint density at radius 2 is 1.58 bits per heavy atom. The summed E-state index contributed by atoms with van der Waals surface area (Å²) < 4.78 is 66.7. The minimum Gasteiger partial charge on any atom is -0.343 e. The summed E-state index contributed by atoms with van der Waals surface area (Å²) in [5.74, 6) is -1.83. The van der Waals surface area contributed by atoms with Crippen molar-refractivity contribution in [3.05, 3.63) is 78.4 Å². The molecule has 0 spiro atoms. The van der Waals surface area contributed by atoms with Crippen molar-refractivity contribution in [3.8, 4) is 17.1 Å². The molecule has 0 amide bonds. The number of pyridine rings is 3. The van der Waals surface area contributed by atoms with Gasteiger partial charge in [0.2, 0.25) is 0 Å². The van der Waals surface area contributed by atoms with Crippen molar-refractivity contribution >= 4 is 18.7 Å².